The first kappa shape index (κ1) is 11.7. The lowest BCUT2D eigenvalue weighted by Crippen LogP contribution is -2.44. The number of carboxylic acid groups (broad SMARTS) is 1. The van der Waals surface area contributed by atoms with E-state index in [0.717, 1.165) is 0 Å². The van der Waals surface area contributed by atoms with Gasteiger partial charge in [0, 0.05) is 0 Å². The maximum Gasteiger partial charge on any atom is 0.325 e. The lowest BCUT2D eigenvalue weighted by molar-refractivity contribution is -0.140. The second-order valence-electron chi connectivity index (χ2n) is 3.58. The average Bonchev–Trinajstić information content (AvgIpc) is 2.01. The molecule has 0 unspecified atom stereocenters. The van der Waals surface area contributed by atoms with E-state index in [1.807, 2.05) is 0 Å². The molecule has 0 amide bonds. The Morgan fingerprint density at radius 1 is 1.50 bits per heavy atom. The SMILES string of the molecule is O=[14C](O)[C@H]1C[C@@H](CP(=O)(O)O)CCN1. The van der Waals surface area contributed by atoms with Crippen molar-refractivity contribution in [2.75, 3.05) is 12.7 Å². The highest BCUT2D eigenvalue weighted by Gasteiger charge is 2.30. The molecule has 82 valence electrons. The van der Waals surface area contributed by atoms with E-state index in [1.165, 1.54) is 0 Å². The Labute approximate surface area is 81.5 Å². The fourth-order valence-corrected chi connectivity index (χ4v) is 2.69. The Kier molecular flexibility index (Phi) is 3.66. The molecule has 0 aromatic carbocycles. The fraction of sp³-hybridized carbons (Fsp3) is 0.857. The molecule has 0 saturated carbocycles. The highest BCUT2D eigenvalue weighted by atomic mass is 31.2. The summed E-state index contributed by atoms with van der Waals surface area (Å²) in [4.78, 5) is 28.1. The molecule has 1 aliphatic rings. The molecule has 0 spiro atoms. The molecule has 2 atom stereocenters. The molecule has 0 aromatic heterocycles. The van der Waals surface area contributed by atoms with Crippen molar-refractivity contribution in [1.29, 1.82) is 0 Å². The minimum absolute atomic E-state index is 0.196. The highest BCUT2D eigenvalue weighted by molar-refractivity contribution is 7.51. The third-order valence-electron chi connectivity index (χ3n) is 2.31. The summed E-state index contributed by atoms with van der Waals surface area (Å²) in [6, 6.07) is -0.666. The predicted molar refractivity (Wildman–Crippen MR) is 49.1 cm³/mol. The molecular weight excluding hydrogens is 211 g/mol. The van der Waals surface area contributed by atoms with E-state index in [0.29, 0.717) is 19.4 Å². The van der Waals surface area contributed by atoms with E-state index in [2.05, 4.69) is 5.32 Å². The average molecular weight is 225 g/mol. The van der Waals surface area contributed by atoms with Gasteiger partial charge in [0.05, 0.1) is 6.16 Å². The van der Waals surface area contributed by atoms with Gasteiger partial charge < -0.3 is 20.2 Å². The second kappa shape index (κ2) is 4.40. The summed E-state index contributed by atoms with van der Waals surface area (Å²) in [5.74, 6) is -1.15. The number of rotatable bonds is 3. The third kappa shape index (κ3) is 3.75. The van der Waals surface area contributed by atoms with Gasteiger partial charge in [0.1, 0.15) is 6.04 Å². The van der Waals surface area contributed by atoms with Crippen molar-refractivity contribution >= 4 is 13.6 Å². The molecule has 1 aliphatic heterocycles. The van der Waals surface area contributed by atoms with Crippen molar-refractivity contribution in [2.45, 2.75) is 18.9 Å². The van der Waals surface area contributed by atoms with Crippen LogP contribution in [0.2, 0.25) is 0 Å². The standard InChI is InChI=1S/C7H14NO5P/c9-7(10)6-3-5(1-2-8-6)4-14(11,12)13/h5-6,8H,1-4H2,(H,9,10)(H2,11,12,13)/t5-,6+/m0/s1/i7+2. The number of hydrogen-bond acceptors (Lipinski definition) is 3. The maximum atomic E-state index is 10.7. The quantitative estimate of drug-likeness (QED) is 0.487. The summed E-state index contributed by atoms with van der Waals surface area (Å²) in [5, 5.41) is 11.5. The molecule has 1 saturated heterocycles. The van der Waals surface area contributed by atoms with Gasteiger partial charge in [-0.05, 0) is 25.3 Å². The number of carboxylic acids is 1. The molecule has 14 heavy (non-hydrogen) atoms. The lowest BCUT2D eigenvalue weighted by atomic mass is 9.98. The first-order valence-corrected chi connectivity index (χ1v) is 6.19. The molecular formula is C7H14NO5P. The molecule has 0 radical (unpaired) electrons. The van der Waals surface area contributed by atoms with E-state index in [4.69, 9.17) is 14.9 Å². The van der Waals surface area contributed by atoms with Gasteiger partial charge in [-0.1, -0.05) is 0 Å². The van der Waals surface area contributed by atoms with Crippen LogP contribution < -0.4 is 5.32 Å². The molecule has 1 fully saturated rings. The number of hydrogen-bond donors (Lipinski definition) is 4. The van der Waals surface area contributed by atoms with Crippen LogP contribution in [0.25, 0.3) is 0 Å². The van der Waals surface area contributed by atoms with Crippen LogP contribution in [0.4, 0.5) is 0 Å². The summed E-state index contributed by atoms with van der Waals surface area (Å²) in [6.07, 6.45) is 0.702. The van der Waals surface area contributed by atoms with Crippen molar-refractivity contribution in [3.63, 3.8) is 0 Å². The van der Waals surface area contributed by atoms with Crippen LogP contribution in [0.1, 0.15) is 12.8 Å². The third-order valence-corrected chi connectivity index (χ3v) is 3.30. The van der Waals surface area contributed by atoms with Crippen LogP contribution in [0.3, 0.4) is 0 Å². The van der Waals surface area contributed by atoms with Crippen LogP contribution in [0.15, 0.2) is 0 Å². The second-order valence-corrected chi connectivity index (χ2v) is 5.28. The lowest BCUT2D eigenvalue weighted by Gasteiger charge is -2.27. The van der Waals surface area contributed by atoms with Crippen molar-refractivity contribution in [3.8, 4) is 0 Å². The minimum Gasteiger partial charge on any atom is -0.480 e. The molecule has 7 heteroatoms. The Hall–Kier alpha value is -0.420. The van der Waals surface area contributed by atoms with Crippen molar-refractivity contribution < 1.29 is 24.3 Å². The number of carbonyl (C=O) groups is 1. The van der Waals surface area contributed by atoms with Gasteiger partial charge in [0.15, 0.2) is 0 Å². The molecule has 4 N–H and O–H groups in total. The first-order chi connectivity index (χ1) is 6.38. The van der Waals surface area contributed by atoms with Crippen LogP contribution in [-0.4, -0.2) is 39.6 Å². The van der Waals surface area contributed by atoms with Crippen molar-refractivity contribution in [2.24, 2.45) is 5.92 Å². The van der Waals surface area contributed by atoms with E-state index < -0.39 is 19.6 Å². The van der Waals surface area contributed by atoms with Gasteiger partial charge in [-0.25, -0.2) is 0 Å². The van der Waals surface area contributed by atoms with Crippen molar-refractivity contribution in [3.05, 3.63) is 0 Å². The molecule has 1 heterocycles. The molecule has 6 nitrogen and oxygen atoms in total. The van der Waals surface area contributed by atoms with Crippen molar-refractivity contribution in [1.82, 2.24) is 5.32 Å². The van der Waals surface area contributed by atoms with Gasteiger partial charge in [-0.15, -0.1) is 0 Å². The van der Waals surface area contributed by atoms with Crippen LogP contribution in [-0.2, 0) is 9.36 Å². The Balaban J connectivity index is 2.48. The van der Waals surface area contributed by atoms with Gasteiger partial charge in [0.2, 0.25) is 0 Å². The largest absolute Gasteiger partial charge is 0.480 e. The van der Waals surface area contributed by atoms with Gasteiger partial charge in [-0.2, -0.15) is 0 Å². The maximum absolute atomic E-state index is 10.7. The fourth-order valence-electron chi connectivity index (χ4n) is 1.69. The van der Waals surface area contributed by atoms with Crippen LogP contribution >= 0.6 is 7.60 Å². The molecule has 1 rings (SSSR count). The molecule has 0 aromatic rings. The van der Waals surface area contributed by atoms with E-state index >= 15 is 0 Å². The van der Waals surface area contributed by atoms with Gasteiger partial charge in [-0.3, -0.25) is 9.36 Å². The summed E-state index contributed by atoms with van der Waals surface area (Å²) in [7, 11) is -4.01. The Morgan fingerprint density at radius 3 is 2.64 bits per heavy atom. The van der Waals surface area contributed by atoms with Gasteiger partial charge in [0.25, 0.3) is 0 Å². The van der Waals surface area contributed by atoms with Gasteiger partial charge >= 0.3 is 13.6 Å². The summed E-state index contributed by atoms with van der Waals surface area (Å²) < 4.78 is 10.7. The smallest absolute Gasteiger partial charge is 0.325 e. The zero-order valence-corrected chi connectivity index (χ0v) is 8.48. The Bertz CT molecular complexity index is 263. The number of aliphatic carboxylic acids is 1. The number of nitrogens with one attached hydrogen (secondary N) is 1. The predicted octanol–water partition coefficient (Wildman–Crippen LogP) is -0.383. The minimum atomic E-state index is -4.01. The van der Waals surface area contributed by atoms with Crippen LogP contribution in [0, 0.1) is 5.92 Å². The van der Waals surface area contributed by atoms with Crippen LogP contribution in [0.5, 0.6) is 0 Å². The number of piperidine rings is 1. The normalized spacial score (nSPS) is 28.7. The topological polar surface area (TPSA) is 107 Å². The van der Waals surface area contributed by atoms with E-state index in [1.54, 1.807) is 0 Å². The zero-order valence-electron chi connectivity index (χ0n) is 7.59. The Morgan fingerprint density at radius 2 is 2.14 bits per heavy atom. The zero-order chi connectivity index (χ0) is 10.8. The highest BCUT2D eigenvalue weighted by Crippen LogP contribution is 2.39. The van der Waals surface area contributed by atoms with E-state index in [9.17, 15) is 9.36 Å². The monoisotopic (exact) mass is 225 g/mol. The summed E-state index contributed by atoms with van der Waals surface area (Å²) in [6.45, 7) is 0.502. The summed E-state index contributed by atoms with van der Waals surface area (Å²) >= 11 is 0. The first-order valence-electron chi connectivity index (χ1n) is 4.39. The molecule has 0 aliphatic carbocycles. The summed E-state index contributed by atoms with van der Waals surface area (Å²) in [5.41, 5.74) is 0. The van der Waals surface area contributed by atoms with E-state index in [-0.39, 0.29) is 12.1 Å². The molecule has 0 bridgehead atoms.